The summed E-state index contributed by atoms with van der Waals surface area (Å²) in [5.41, 5.74) is 13.9. The summed E-state index contributed by atoms with van der Waals surface area (Å²) in [6.07, 6.45) is 0. The van der Waals surface area contributed by atoms with Crippen molar-refractivity contribution in [2.45, 2.75) is 13.5 Å². The van der Waals surface area contributed by atoms with Gasteiger partial charge in [-0.1, -0.05) is 36.4 Å². The van der Waals surface area contributed by atoms with Crippen LogP contribution < -0.4 is 16.2 Å². The number of hydrogen-bond acceptors (Lipinski definition) is 8. The number of nitrogen functional groups attached to an aromatic ring is 2. The first-order chi connectivity index (χ1) is 17.9. The maximum Gasteiger partial charge on any atom is 0.184 e. The van der Waals surface area contributed by atoms with Crippen LogP contribution in [0.15, 0.2) is 77.0 Å². The summed E-state index contributed by atoms with van der Waals surface area (Å²) in [5.74, 6) is -1.16. The Bertz CT molecular complexity index is 1570. The Morgan fingerprint density at radius 1 is 0.892 bits per heavy atom. The van der Waals surface area contributed by atoms with Crippen molar-refractivity contribution in [1.29, 1.82) is 0 Å². The molecule has 0 bridgehead atoms. The van der Waals surface area contributed by atoms with Crippen LogP contribution in [0.5, 0.6) is 5.75 Å². The third-order valence-electron chi connectivity index (χ3n) is 5.56. The lowest BCUT2D eigenvalue weighted by atomic mass is 10.1. The van der Waals surface area contributed by atoms with Crippen molar-refractivity contribution in [3.63, 3.8) is 0 Å². The lowest BCUT2D eigenvalue weighted by molar-refractivity contribution is 0.335. The predicted octanol–water partition coefficient (Wildman–Crippen LogP) is 5.80. The first-order valence-electron chi connectivity index (χ1n) is 11.4. The van der Waals surface area contributed by atoms with Crippen LogP contribution in [0, 0.1) is 11.6 Å². The topological polar surface area (TPSA) is 130 Å². The molecule has 0 fully saturated rings. The second kappa shape index (κ2) is 9.97. The number of anilines is 2. The highest BCUT2D eigenvalue weighted by molar-refractivity contribution is 5.92. The van der Waals surface area contributed by atoms with Crippen LogP contribution >= 0.6 is 0 Å². The lowest BCUT2D eigenvalue weighted by Gasteiger charge is -2.09. The monoisotopic (exact) mass is 500 g/mol. The largest absolute Gasteiger partial charge is 0.494 e. The maximum atomic E-state index is 14.8. The van der Waals surface area contributed by atoms with Gasteiger partial charge in [0.2, 0.25) is 0 Å². The van der Waals surface area contributed by atoms with Crippen LogP contribution in [0.3, 0.4) is 0 Å². The molecule has 0 saturated heterocycles. The van der Waals surface area contributed by atoms with Gasteiger partial charge in [0.05, 0.1) is 24.4 Å². The zero-order valence-electron chi connectivity index (χ0n) is 19.8. The summed E-state index contributed by atoms with van der Waals surface area (Å²) in [5, 5.41) is 13.4. The SMILES string of the molecule is CCOc1cc(F)c(Cn2nc(-c3nc(N)c(N=Nc4ccccc4)c(N)n3)c3ccccc32)c(F)c1. The van der Waals surface area contributed by atoms with Crippen molar-refractivity contribution >= 4 is 33.9 Å². The molecule has 3 aromatic carbocycles. The molecule has 0 unspecified atom stereocenters. The molecule has 0 atom stereocenters. The summed E-state index contributed by atoms with van der Waals surface area (Å²) in [6.45, 7) is 1.87. The predicted molar refractivity (Wildman–Crippen MR) is 137 cm³/mol. The fourth-order valence-electron chi connectivity index (χ4n) is 3.84. The van der Waals surface area contributed by atoms with E-state index in [0.29, 0.717) is 28.9 Å². The molecule has 0 aliphatic rings. The Balaban J connectivity index is 1.53. The number of benzene rings is 3. The number of nitrogens with zero attached hydrogens (tertiary/aromatic N) is 6. The minimum absolute atomic E-state index is 0.0180. The highest BCUT2D eigenvalue weighted by atomic mass is 19.1. The molecule has 2 heterocycles. The van der Waals surface area contributed by atoms with Crippen molar-refractivity contribution in [3.8, 4) is 17.3 Å². The molecule has 37 heavy (non-hydrogen) atoms. The molecular weight excluding hydrogens is 478 g/mol. The summed E-state index contributed by atoms with van der Waals surface area (Å²) in [4.78, 5) is 8.69. The van der Waals surface area contributed by atoms with E-state index in [4.69, 9.17) is 16.2 Å². The van der Waals surface area contributed by atoms with E-state index in [1.807, 2.05) is 24.3 Å². The average molecular weight is 501 g/mol. The van der Waals surface area contributed by atoms with Gasteiger partial charge < -0.3 is 16.2 Å². The number of aromatic nitrogens is 4. The number of hydrogen-bond donors (Lipinski definition) is 2. The Morgan fingerprint density at radius 2 is 1.54 bits per heavy atom. The Kier molecular flexibility index (Phi) is 6.42. The van der Waals surface area contributed by atoms with Crippen molar-refractivity contribution in [2.75, 3.05) is 18.1 Å². The summed E-state index contributed by atoms with van der Waals surface area (Å²) >= 11 is 0. The first-order valence-corrected chi connectivity index (χ1v) is 11.4. The van der Waals surface area contributed by atoms with Gasteiger partial charge in [0.1, 0.15) is 23.1 Å². The third kappa shape index (κ3) is 4.79. The van der Waals surface area contributed by atoms with Crippen LogP contribution in [0.2, 0.25) is 0 Å². The van der Waals surface area contributed by atoms with Crippen molar-refractivity contribution in [2.24, 2.45) is 10.2 Å². The van der Waals surface area contributed by atoms with Gasteiger partial charge in [0, 0.05) is 23.1 Å². The molecule has 2 aromatic heterocycles. The number of nitrogens with two attached hydrogens (primary N) is 2. The minimum atomic E-state index is -0.734. The van der Waals surface area contributed by atoms with Crippen LogP contribution in [-0.2, 0) is 6.54 Å². The smallest absolute Gasteiger partial charge is 0.184 e. The van der Waals surface area contributed by atoms with Gasteiger partial charge in [0.25, 0.3) is 0 Å². The molecule has 0 aliphatic heterocycles. The van der Waals surface area contributed by atoms with Crippen molar-refractivity contribution in [1.82, 2.24) is 19.7 Å². The Hall–Kier alpha value is -4.93. The van der Waals surface area contributed by atoms with Gasteiger partial charge in [-0.05, 0) is 25.1 Å². The zero-order valence-corrected chi connectivity index (χ0v) is 19.8. The number of para-hydroxylation sites is 1. The van der Waals surface area contributed by atoms with Gasteiger partial charge in [-0.25, -0.2) is 18.7 Å². The van der Waals surface area contributed by atoms with Crippen LogP contribution in [0.1, 0.15) is 12.5 Å². The Labute approximate surface area is 210 Å². The van der Waals surface area contributed by atoms with E-state index in [1.165, 1.54) is 4.68 Å². The second-order valence-corrected chi connectivity index (χ2v) is 8.02. The number of halogens is 2. The summed E-state index contributed by atoms with van der Waals surface area (Å²) in [7, 11) is 0. The maximum absolute atomic E-state index is 14.8. The van der Waals surface area contributed by atoms with Crippen LogP contribution in [-0.4, -0.2) is 26.4 Å². The highest BCUT2D eigenvalue weighted by Crippen LogP contribution is 2.33. The van der Waals surface area contributed by atoms with E-state index in [-0.39, 0.29) is 41.0 Å². The van der Waals surface area contributed by atoms with E-state index in [1.54, 1.807) is 37.3 Å². The van der Waals surface area contributed by atoms with E-state index in [0.717, 1.165) is 12.1 Å². The average Bonchev–Trinajstić information content (AvgIpc) is 3.25. The normalized spacial score (nSPS) is 11.4. The molecule has 5 aromatic rings. The van der Waals surface area contributed by atoms with Crippen LogP contribution in [0.25, 0.3) is 22.4 Å². The quantitative estimate of drug-likeness (QED) is 0.272. The van der Waals surface area contributed by atoms with E-state index in [2.05, 4.69) is 25.3 Å². The second-order valence-electron chi connectivity index (χ2n) is 8.02. The standard InChI is InChI=1S/C26H22F2N8O/c1-2-37-16-12-19(27)18(20(28)13-16)14-36-21-11-7-6-10-17(21)22(35-36)26-31-24(29)23(25(30)32-26)34-33-15-8-4-3-5-9-15/h3-13H,2,14H2,1H3,(H4,29,30,31,32). The number of ether oxygens (including phenoxy) is 1. The highest BCUT2D eigenvalue weighted by Gasteiger charge is 2.20. The Morgan fingerprint density at radius 3 is 2.22 bits per heavy atom. The fraction of sp³-hybridized carbons (Fsp3) is 0.115. The molecule has 4 N–H and O–H groups in total. The van der Waals surface area contributed by atoms with Crippen LogP contribution in [0.4, 0.5) is 31.8 Å². The van der Waals surface area contributed by atoms with Crippen molar-refractivity contribution in [3.05, 3.63) is 83.9 Å². The number of fused-ring (bicyclic) bond motifs is 1. The molecule has 11 heteroatoms. The molecule has 9 nitrogen and oxygen atoms in total. The molecule has 0 aliphatic carbocycles. The van der Waals surface area contributed by atoms with Crippen molar-refractivity contribution < 1.29 is 13.5 Å². The molecule has 0 radical (unpaired) electrons. The number of azo groups is 1. The summed E-state index contributed by atoms with van der Waals surface area (Å²) < 4.78 is 36.2. The molecule has 0 amide bonds. The van der Waals surface area contributed by atoms with E-state index in [9.17, 15) is 8.78 Å². The molecule has 0 spiro atoms. The fourth-order valence-corrected chi connectivity index (χ4v) is 3.84. The van der Waals surface area contributed by atoms with E-state index < -0.39 is 11.6 Å². The molecule has 5 rings (SSSR count). The van der Waals surface area contributed by atoms with E-state index >= 15 is 0 Å². The zero-order chi connectivity index (χ0) is 25.9. The lowest BCUT2D eigenvalue weighted by Crippen LogP contribution is -2.08. The third-order valence-corrected chi connectivity index (χ3v) is 5.56. The summed E-state index contributed by atoms with van der Waals surface area (Å²) in [6, 6.07) is 18.6. The molecule has 0 saturated carbocycles. The van der Waals surface area contributed by atoms with Gasteiger partial charge in [-0.2, -0.15) is 10.2 Å². The first kappa shape index (κ1) is 23.8. The molecular formula is C26H22F2N8O. The van der Waals surface area contributed by atoms with Gasteiger partial charge in [0.15, 0.2) is 23.1 Å². The molecule has 186 valence electrons. The van der Waals surface area contributed by atoms with Gasteiger partial charge in [-0.15, -0.1) is 5.11 Å². The number of rotatable bonds is 7. The minimum Gasteiger partial charge on any atom is -0.494 e. The van der Waals surface area contributed by atoms with Gasteiger partial charge >= 0.3 is 0 Å². The van der Waals surface area contributed by atoms with Gasteiger partial charge in [-0.3, -0.25) is 4.68 Å².